The zero-order valence-corrected chi connectivity index (χ0v) is 63.9. The molecular formula is C81H134O17P2. The van der Waals surface area contributed by atoms with Gasteiger partial charge >= 0.3 is 39.5 Å². The standard InChI is InChI=1S/C81H134O17P2/c1-5-9-13-17-21-25-29-32-35-36-37-38-41-43-47-50-54-58-62-66-79(84)92-72-77(98-81(86)68-64-60-56-52-48-44-40-34-31-27-23-19-15-11-7-3)74-96-100(89,90)94-70-75(82)69-93-99(87,88)95-73-76(97-80(85)67-63-59-55-51-45-28-24-20-16-12-8-4)71-91-78(83)65-61-57-53-49-46-42-39-33-30-26-22-18-14-10-6-2/h10-11,14-15,20-27,32-35,37-40,46,48-49,52,75-77,82H,5-9,12-13,16-19,28-31,36,41-45,47,50-51,53-74H2,1-4H3,(H,87,88)(H,89,90)/b14-10-,15-11-,24-20-,25-21-,26-22-,27-23-,35-32-,38-37-,39-33-,40-34-,49-46-,52-48-. The first-order chi connectivity index (χ1) is 48.7. The maximum atomic E-state index is 13.1. The van der Waals surface area contributed by atoms with Gasteiger partial charge in [-0.15, -0.1) is 0 Å². The smallest absolute Gasteiger partial charge is 0.462 e. The highest BCUT2D eigenvalue weighted by molar-refractivity contribution is 7.47. The van der Waals surface area contributed by atoms with E-state index in [1.807, 2.05) is 0 Å². The van der Waals surface area contributed by atoms with E-state index in [2.05, 4.69) is 174 Å². The van der Waals surface area contributed by atoms with Crippen molar-refractivity contribution in [3.8, 4) is 0 Å². The number of carbonyl (C=O) groups is 4. The summed E-state index contributed by atoms with van der Waals surface area (Å²) in [6.07, 6.45) is 81.4. The average Bonchev–Trinajstić information content (AvgIpc) is 0.945. The molecule has 0 fully saturated rings. The highest BCUT2D eigenvalue weighted by atomic mass is 31.2. The molecule has 0 aliphatic rings. The van der Waals surface area contributed by atoms with E-state index in [1.165, 1.54) is 32.1 Å². The van der Waals surface area contributed by atoms with Gasteiger partial charge in [-0.05, 0) is 161 Å². The molecule has 0 saturated heterocycles. The molecule has 0 aliphatic heterocycles. The number of rotatable bonds is 70. The van der Waals surface area contributed by atoms with Crippen molar-refractivity contribution >= 4 is 39.5 Å². The van der Waals surface area contributed by atoms with Gasteiger partial charge in [0.2, 0.25) is 0 Å². The molecular weight excluding hydrogens is 1310 g/mol. The van der Waals surface area contributed by atoms with Crippen LogP contribution in [0.2, 0.25) is 0 Å². The van der Waals surface area contributed by atoms with Crippen molar-refractivity contribution in [3.63, 3.8) is 0 Å². The van der Waals surface area contributed by atoms with Crippen molar-refractivity contribution in [1.29, 1.82) is 0 Å². The summed E-state index contributed by atoms with van der Waals surface area (Å²) in [6, 6.07) is 0. The molecule has 0 heterocycles. The Morgan fingerprint density at radius 3 is 0.860 bits per heavy atom. The lowest BCUT2D eigenvalue weighted by Crippen LogP contribution is -2.30. The van der Waals surface area contributed by atoms with Crippen LogP contribution < -0.4 is 0 Å². The van der Waals surface area contributed by atoms with Crippen LogP contribution in [0.3, 0.4) is 0 Å². The first-order valence-corrected chi connectivity index (χ1v) is 41.1. The molecule has 17 nitrogen and oxygen atoms in total. The summed E-state index contributed by atoms with van der Waals surface area (Å²) >= 11 is 0. The predicted octanol–water partition coefficient (Wildman–Crippen LogP) is 21.9. The van der Waals surface area contributed by atoms with E-state index in [1.54, 1.807) is 0 Å². The number of esters is 4. The fourth-order valence-electron chi connectivity index (χ4n) is 9.48. The van der Waals surface area contributed by atoms with Gasteiger partial charge < -0.3 is 33.8 Å². The van der Waals surface area contributed by atoms with E-state index in [-0.39, 0.29) is 25.7 Å². The second-order valence-corrected chi connectivity index (χ2v) is 27.7. The highest BCUT2D eigenvalue weighted by Gasteiger charge is 2.30. The molecule has 0 aromatic carbocycles. The Balaban J connectivity index is 5.41. The van der Waals surface area contributed by atoms with Crippen molar-refractivity contribution in [2.45, 2.75) is 303 Å². The summed E-state index contributed by atoms with van der Waals surface area (Å²) in [7, 11) is -9.99. The van der Waals surface area contributed by atoms with Gasteiger partial charge in [0.05, 0.1) is 26.4 Å². The minimum absolute atomic E-state index is 0.0345. The Bertz CT molecular complexity index is 2470. The molecule has 19 heteroatoms. The van der Waals surface area contributed by atoms with E-state index in [0.717, 1.165) is 167 Å². The van der Waals surface area contributed by atoms with Crippen LogP contribution in [0.15, 0.2) is 146 Å². The van der Waals surface area contributed by atoms with Gasteiger partial charge in [0.15, 0.2) is 12.2 Å². The number of aliphatic hydroxyl groups is 1. The molecule has 3 N–H and O–H groups in total. The van der Waals surface area contributed by atoms with Crippen LogP contribution in [-0.4, -0.2) is 96.7 Å². The third kappa shape index (κ3) is 71.3. The van der Waals surface area contributed by atoms with Crippen molar-refractivity contribution in [1.82, 2.24) is 0 Å². The summed E-state index contributed by atoms with van der Waals surface area (Å²) in [6.45, 7) is 4.43. The molecule has 0 rings (SSSR count). The second-order valence-electron chi connectivity index (χ2n) is 24.8. The lowest BCUT2D eigenvalue weighted by atomic mass is 10.1. The van der Waals surface area contributed by atoms with Crippen LogP contribution in [0.4, 0.5) is 0 Å². The summed E-state index contributed by atoms with van der Waals surface area (Å²) in [5, 5.41) is 10.6. The Hall–Kier alpha value is -5.06. The first-order valence-electron chi connectivity index (χ1n) is 38.1. The highest BCUT2D eigenvalue weighted by Crippen LogP contribution is 2.45. The maximum Gasteiger partial charge on any atom is 0.472 e. The number of unbranched alkanes of at least 4 members (excludes halogenated alkanes) is 20. The number of ether oxygens (including phenoxy) is 4. The second kappa shape index (κ2) is 72.3. The Morgan fingerprint density at radius 1 is 0.290 bits per heavy atom. The summed E-state index contributed by atoms with van der Waals surface area (Å²) in [5.41, 5.74) is 0. The Morgan fingerprint density at radius 2 is 0.530 bits per heavy atom. The third-order valence-corrected chi connectivity index (χ3v) is 17.2. The number of phosphoric ester groups is 2. The molecule has 0 saturated carbocycles. The SMILES string of the molecule is CC/C=C\C/C=C\C/C=C\C/C=C\CCCCC(=O)OCC(COP(=O)(O)OCC(O)COP(=O)(O)OCC(COC(=O)CCCCCCCC/C=C\C/C=C\C/C=C\CCCCC)OC(=O)CCCC/C=C\C/C=C\C/C=C\C/C=C\CC)OC(=O)CCCCCCC/C=C\CCCC. The molecule has 0 aromatic heterocycles. The van der Waals surface area contributed by atoms with Crippen LogP contribution in [0.1, 0.15) is 285 Å². The summed E-state index contributed by atoms with van der Waals surface area (Å²) in [5.74, 6) is -2.30. The van der Waals surface area contributed by atoms with Crippen LogP contribution in [-0.2, 0) is 65.4 Å². The van der Waals surface area contributed by atoms with E-state index < -0.39 is 97.5 Å². The number of carbonyl (C=O) groups excluding carboxylic acids is 4. The number of aliphatic hydroxyl groups excluding tert-OH is 1. The topological polar surface area (TPSA) is 237 Å². The van der Waals surface area contributed by atoms with Gasteiger partial charge in [-0.3, -0.25) is 37.3 Å². The molecule has 100 heavy (non-hydrogen) atoms. The van der Waals surface area contributed by atoms with Crippen molar-refractivity contribution in [2.75, 3.05) is 39.6 Å². The third-order valence-electron chi connectivity index (χ3n) is 15.3. The quantitative estimate of drug-likeness (QED) is 0.0169. The number of hydrogen-bond acceptors (Lipinski definition) is 15. The molecule has 5 atom stereocenters. The van der Waals surface area contributed by atoms with E-state index >= 15 is 0 Å². The monoisotopic (exact) mass is 1440 g/mol. The van der Waals surface area contributed by atoms with Crippen molar-refractivity contribution in [3.05, 3.63) is 146 Å². The molecule has 0 amide bonds. The Kier molecular flexibility index (Phi) is 68.6. The largest absolute Gasteiger partial charge is 0.472 e. The van der Waals surface area contributed by atoms with Gasteiger partial charge in [-0.1, -0.05) is 244 Å². The lowest BCUT2D eigenvalue weighted by molar-refractivity contribution is -0.161. The normalized spacial score (nSPS) is 14.8. The molecule has 0 aromatic rings. The minimum atomic E-state index is -5.00. The fourth-order valence-corrected chi connectivity index (χ4v) is 11.1. The van der Waals surface area contributed by atoms with E-state index in [4.69, 9.17) is 37.0 Å². The van der Waals surface area contributed by atoms with Crippen molar-refractivity contribution < 1.29 is 80.2 Å². The fraction of sp³-hybridized carbons (Fsp3) is 0.654. The van der Waals surface area contributed by atoms with Gasteiger partial charge in [0, 0.05) is 25.7 Å². The number of hydrogen-bond donors (Lipinski definition) is 3. The number of phosphoric acid groups is 2. The Labute approximate surface area is 605 Å². The zero-order chi connectivity index (χ0) is 73.2. The molecule has 0 bridgehead atoms. The van der Waals surface area contributed by atoms with Crippen LogP contribution in [0, 0.1) is 0 Å². The van der Waals surface area contributed by atoms with Crippen molar-refractivity contribution in [2.24, 2.45) is 0 Å². The van der Waals surface area contributed by atoms with Crippen LogP contribution in [0.5, 0.6) is 0 Å². The summed E-state index contributed by atoms with van der Waals surface area (Å²) in [4.78, 5) is 72.8. The van der Waals surface area contributed by atoms with Gasteiger partial charge in [0.25, 0.3) is 0 Å². The first kappa shape index (κ1) is 94.9. The zero-order valence-electron chi connectivity index (χ0n) is 62.1. The molecule has 0 radical (unpaired) electrons. The van der Waals surface area contributed by atoms with E-state index in [9.17, 15) is 43.2 Å². The predicted molar refractivity (Wildman–Crippen MR) is 408 cm³/mol. The van der Waals surface area contributed by atoms with Crippen LogP contribution in [0.25, 0.3) is 0 Å². The van der Waals surface area contributed by atoms with Crippen LogP contribution >= 0.6 is 15.6 Å². The van der Waals surface area contributed by atoms with E-state index in [0.29, 0.717) is 32.1 Å². The lowest BCUT2D eigenvalue weighted by Gasteiger charge is -2.21. The van der Waals surface area contributed by atoms with Gasteiger partial charge in [-0.2, -0.15) is 0 Å². The summed E-state index contributed by atoms with van der Waals surface area (Å²) < 4.78 is 68.3. The average molecular weight is 1440 g/mol. The molecule has 0 aliphatic carbocycles. The van der Waals surface area contributed by atoms with Gasteiger partial charge in [-0.25, -0.2) is 9.13 Å². The van der Waals surface area contributed by atoms with Gasteiger partial charge in [0.1, 0.15) is 19.3 Å². The maximum absolute atomic E-state index is 13.1. The molecule has 5 unspecified atom stereocenters. The minimum Gasteiger partial charge on any atom is -0.462 e. The molecule has 570 valence electrons. The number of allylic oxidation sites excluding steroid dienone is 24. The molecule has 0 spiro atoms.